The summed E-state index contributed by atoms with van der Waals surface area (Å²) in [6, 6.07) is 0.376. The summed E-state index contributed by atoms with van der Waals surface area (Å²) in [4.78, 5) is 14.2. The van der Waals surface area contributed by atoms with Gasteiger partial charge in [0.25, 0.3) is 0 Å². The number of amides is 1. The van der Waals surface area contributed by atoms with Gasteiger partial charge in [-0.2, -0.15) is 11.8 Å². The van der Waals surface area contributed by atoms with Crippen molar-refractivity contribution in [2.75, 3.05) is 31.8 Å². The van der Waals surface area contributed by atoms with E-state index in [1.165, 1.54) is 0 Å². The van der Waals surface area contributed by atoms with Crippen molar-refractivity contribution in [1.29, 1.82) is 0 Å². The van der Waals surface area contributed by atoms with Crippen molar-refractivity contribution in [2.45, 2.75) is 30.8 Å². The predicted molar refractivity (Wildman–Crippen MR) is 65.5 cm³/mol. The van der Waals surface area contributed by atoms with Gasteiger partial charge in [0.15, 0.2) is 0 Å². The third-order valence-corrected chi connectivity index (χ3v) is 4.73. The van der Waals surface area contributed by atoms with Gasteiger partial charge >= 0.3 is 0 Å². The van der Waals surface area contributed by atoms with Crippen LogP contribution in [0.3, 0.4) is 0 Å². The molecule has 2 heterocycles. The van der Waals surface area contributed by atoms with Crippen molar-refractivity contribution in [3.05, 3.63) is 0 Å². The highest BCUT2D eigenvalue weighted by atomic mass is 32.2. The summed E-state index contributed by atoms with van der Waals surface area (Å²) in [7, 11) is 1.89. The van der Waals surface area contributed by atoms with Crippen LogP contribution in [0.4, 0.5) is 0 Å². The van der Waals surface area contributed by atoms with Crippen molar-refractivity contribution in [3.8, 4) is 0 Å². The molecule has 2 fully saturated rings. The molecule has 0 radical (unpaired) electrons. The minimum atomic E-state index is -0.680. The molecule has 5 heteroatoms. The minimum Gasteiger partial charge on any atom is -0.381 e. The number of rotatable bonds is 2. The van der Waals surface area contributed by atoms with E-state index in [-0.39, 0.29) is 5.91 Å². The first-order chi connectivity index (χ1) is 7.63. The van der Waals surface area contributed by atoms with Crippen molar-refractivity contribution in [1.82, 2.24) is 4.90 Å². The number of hydrogen-bond acceptors (Lipinski definition) is 4. The van der Waals surface area contributed by atoms with Crippen LogP contribution in [0.2, 0.25) is 0 Å². The molecule has 0 aromatic rings. The predicted octanol–water partition coefficient (Wildman–Crippen LogP) is 0.458. The molecule has 0 spiro atoms. The highest BCUT2D eigenvalue weighted by molar-refractivity contribution is 7.99. The lowest BCUT2D eigenvalue weighted by atomic mass is 9.89. The van der Waals surface area contributed by atoms with Crippen LogP contribution in [0, 0.1) is 0 Å². The molecule has 2 aliphatic heterocycles. The monoisotopic (exact) mass is 244 g/mol. The number of carbonyl (C=O) groups is 1. The molecule has 2 N–H and O–H groups in total. The molecule has 1 atom stereocenters. The Morgan fingerprint density at radius 2 is 2.19 bits per heavy atom. The highest BCUT2D eigenvalue weighted by Gasteiger charge is 2.40. The van der Waals surface area contributed by atoms with E-state index in [0.29, 0.717) is 32.1 Å². The second-order valence-electron chi connectivity index (χ2n) is 4.70. The van der Waals surface area contributed by atoms with Gasteiger partial charge in [-0.25, -0.2) is 0 Å². The first kappa shape index (κ1) is 12.2. The largest absolute Gasteiger partial charge is 0.381 e. The van der Waals surface area contributed by atoms with Gasteiger partial charge in [-0.15, -0.1) is 0 Å². The van der Waals surface area contributed by atoms with Gasteiger partial charge in [0, 0.05) is 32.1 Å². The fourth-order valence-corrected chi connectivity index (χ4v) is 3.56. The molecule has 0 saturated carbocycles. The quantitative estimate of drug-likeness (QED) is 0.766. The minimum absolute atomic E-state index is 0.100. The summed E-state index contributed by atoms with van der Waals surface area (Å²) >= 11 is 1.91. The molecule has 2 rings (SSSR count). The fraction of sp³-hybridized carbons (Fsp3) is 0.909. The normalized spacial score (nSPS) is 29.0. The SMILES string of the molecule is CN(C(=O)C1(N)CCOCC1)C1CCSC1. The van der Waals surface area contributed by atoms with E-state index in [9.17, 15) is 4.79 Å². The summed E-state index contributed by atoms with van der Waals surface area (Å²) in [5.41, 5.74) is 5.51. The van der Waals surface area contributed by atoms with Crippen LogP contribution in [0.1, 0.15) is 19.3 Å². The van der Waals surface area contributed by atoms with Crippen molar-refractivity contribution in [2.24, 2.45) is 5.73 Å². The van der Waals surface area contributed by atoms with Crippen LogP contribution in [-0.2, 0) is 9.53 Å². The molecule has 1 amide bonds. The van der Waals surface area contributed by atoms with Gasteiger partial charge < -0.3 is 15.4 Å². The molecule has 1 unspecified atom stereocenters. The summed E-state index contributed by atoms with van der Waals surface area (Å²) in [6.07, 6.45) is 2.39. The first-order valence-corrected chi connectivity index (χ1v) is 7.00. The summed E-state index contributed by atoms with van der Waals surface area (Å²) in [6.45, 7) is 1.21. The van der Waals surface area contributed by atoms with Gasteiger partial charge in [0.1, 0.15) is 0 Å². The Hall–Kier alpha value is -0.260. The number of hydrogen-bond donors (Lipinski definition) is 1. The molecule has 16 heavy (non-hydrogen) atoms. The maximum absolute atomic E-state index is 12.3. The Labute approximate surface area is 101 Å². The number of carbonyl (C=O) groups excluding carboxylic acids is 1. The highest BCUT2D eigenvalue weighted by Crippen LogP contribution is 2.26. The maximum Gasteiger partial charge on any atom is 0.242 e. The number of likely N-dealkylation sites (N-methyl/N-ethyl adjacent to an activating group) is 1. The summed E-state index contributed by atoms with van der Waals surface area (Å²) in [5, 5.41) is 0. The van der Waals surface area contributed by atoms with Crippen molar-refractivity contribution >= 4 is 17.7 Å². The molecule has 0 aromatic carbocycles. The molecular formula is C11H20N2O2S. The first-order valence-electron chi connectivity index (χ1n) is 5.85. The number of nitrogens with zero attached hydrogens (tertiary/aromatic N) is 1. The molecule has 0 aliphatic carbocycles. The fourth-order valence-electron chi connectivity index (χ4n) is 2.29. The zero-order valence-electron chi connectivity index (χ0n) is 9.78. The van der Waals surface area contributed by atoms with E-state index in [0.717, 1.165) is 17.9 Å². The topological polar surface area (TPSA) is 55.6 Å². The number of ether oxygens (including phenoxy) is 1. The number of nitrogens with two attached hydrogens (primary N) is 1. The third kappa shape index (κ3) is 2.36. The van der Waals surface area contributed by atoms with E-state index in [1.807, 2.05) is 23.7 Å². The van der Waals surface area contributed by atoms with Gasteiger partial charge in [-0.3, -0.25) is 4.79 Å². The van der Waals surface area contributed by atoms with E-state index < -0.39 is 5.54 Å². The van der Waals surface area contributed by atoms with E-state index in [4.69, 9.17) is 10.5 Å². The summed E-state index contributed by atoms with van der Waals surface area (Å²) in [5.74, 6) is 2.31. The van der Waals surface area contributed by atoms with E-state index in [1.54, 1.807) is 0 Å². The van der Waals surface area contributed by atoms with Crippen LogP contribution in [0.15, 0.2) is 0 Å². The van der Waals surface area contributed by atoms with Gasteiger partial charge in [-0.05, 0) is 25.0 Å². The van der Waals surface area contributed by atoms with Crippen molar-refractivity contribution in [3.63, 3.8) is 0 Å². The second kappa shape index (κ2) is 4.94. The lowest BCUT2D eigenvalue weighted by Gasteiger charge is -2.37. The molecule has 0 aromatic heterocycles. The van der Waals surface area contributed by atoms with Gasteiger partial charge in [0.2, 0.25) is 5.91 Å². The zero-order chi connectivity index (χ0) is 11.6. The zero-order valence-corrected chi connectivity index (χ0v) is 10.6. The average molecular weight is 244 g/mol. The van der Waals surface area contributed by atoms with Crippen LogP contribution in [0.25, 0.3) is 0 Å². The van der Waals surface area contributed by atoms with Gasteiger partial charge in [0.05, 0.1) is 5.54 Å². The molecule has 92 valence electrons. The Morgan fingerprint density at radius 3 is 2.75 bits per heavy atom. The van der Waals surface area contributed by atoms with Crippen LogP contribution in [0.5, 0.6) is 0 Å². The standard InChI is InChI=1S/C11H20N2O2S/c1-13(9-2-7-16-8-9)10(14)11(12)3-5-15-6-4-11/h9H,2-8,12H2,1H3. The average Bonchev–Trinajstić information content (AvgIpc) is 2.81. The lowest BCUT2D eigenvalue weighted by molar-refractivity contribution is -0.140. The Balaban J connectivity index is 1.99. The smallest absolute Gasteiger partial charge is 0.242 e. The molecular weight excluding hydrogens is 224 g/mol. The number of thioether (sulfide) groups is 1. The van der Waals surface area contributed by atoms with E-state index in [2.05, 4.69) is 0 Å². The molecule has 4 nitrogen and oxygen atoms in total. The Kier molecular flexibility index (Phi) is 3.77. The molecule has 2 saturated heterocycles. The van der Waals surface area contributed by atoms with Crippen LogP contribution < -0.4 is 5.73 Å². The van der Waals surface area contributed by atoms with Gasteiger partial charge in [-0.1, -0.05) is 0 Å². The maximum atomic E-state index is 12.3. The Morgan fingerprint density at radius 1 is 1.50 bits per heavy atom. The molecule has 0 bridgehead atoms. The summed E-state index contributed by atoms with van der Waals surface area (Å²) < 4.78 is 5.27. The third-order valence-electron chi connectivity index (χ3n) is 3.58. The molecule has 2 aliphatic rings. The Bertz CT molecular complexity index is 261. The van der Waals surface area contributed by atoms with Crippen molar-refractivity contribution < 1.29 is 9.53 Å². The second-order valence-corrected chi connectivity index (χ2v) is 5.85. The van der Waals surface area contributed by atoms with Crippen LogP contribution >= 0.6 is 11.8 Å². The lowest BCUT2D eigenvalue weighted by Crippen LogP contribution is -2.59. The van der Waals surface area contributed by atoms with E-state index >= 15 is 0 Å². The van der Waals surface area contributed by atoms with Crippen LogP contribution in [-0.4, -0.2) is 54.2 Å².